The summed E-state index contributed by atoms with van der Waals surface area (Å²) in [4.78, 5) is 0. The van der Waals surface area contributed by atoms with Gasteiger partial charge in [-0.05, 0) is 23.1 Å². The number of nitrogens with two attached hydrogens (primary N) is 1. The van der Waals surface area contributed by atoms with E-state index in [1.807, 2.05) is 39.0 Å². The molecule has 0 saturated heterocycles. The Bertz CT molecular complexity index is 426. The van der Waals surface area contributed by atoms with Crippen LogP contribution in [0.5, 0.6) is 11.5 Å². The first kappa shape index (κ1) is 13.2. The summed E-state index contributed by atoms with van der Waals surface area (Å²) in [7, 11) is 0. The van der Waals surface area contributed by atoms with Crippen LogP contribution in [-0.2, 0) is 0 Å². The fourth-order valence-corrected chi connectivity index (χ4v) is 1.99. The molecule has 100 valence electrons. The molecule has 2 rings (SSSR count). The quantitative estimate of drug-likeness (QED) is 0.842. The van der Waals surface area contributed by atoms with E-state index in [1.165, 1.54) is 0 Å². The lowest BCUT2D eigenvalue weighted by molar-refractivity contribution is 0.0399. The number of benzene rings is 1. The van der Waals surface area contributed by atoms with Crippen molar-refractivity contribution in [2.75, 3.05) is 13.2 Å². The fraction of sp³-hybridized carbons (Fsp3) is 0.571. The largest absolute Gasteiger partial charge is 0.486 e. The van der Waals surface area contributed by atoms with E-state index in [2.05, 4.69) is 0 Å². The molecule has 3 N–H and O–H groups in total. The number of aliphatic hydroxyl groups is 1. The third kappa shape index (κ3) is 2.60. The van der Waals surface area contributed by atoms with Crippen molar-refractivity contribution in [2.45, 2.75) is 32.9 Å². The van der Waals surface area contributed by atoms with Gasteiger partial charge in [-0.2, -0.15) is 0 Å². The maximum Gasteiger partial charge on any atom is 0.161 e. The normalized spacial score (nSPS) is 18.3. The van der Waals surface area contributed by atoms with Crippen LogP contribution in [0, 0.1) is 5.41 Å². The predicted octanol–water partition coefficient (Wildman–Crippen LogP) is 1.86. The van der Waals surface area contributed by atoms with Crippen molar-refractivity contribution < 1.29 is 14.6 Å². The highest BCUT2D eigenvalue weighted by Gasteiger charge is 2.29. The van der Waals surface area contributed by atoms with Gasteiger partial charge in [-0.3, -0.25) is 0 Å². The van der Waals surface area contributed by atoms with Gasteiger partial charge in [0.15, 0.2) is 11.5 Å². The van der Waals surface area contributed by atoms with Gasteiger partial charge in [0.2, 0.25) is 0 Å². The van der Waals surface area contributed by atoms with Crippen molar-refractivity contribution in [1.82, 2.24) is 0 Å². The maximum absolute atomic E-state index is 10.2. The number of hydrogen-bond donors (Lipinski definition) is 2. The SMILES string of the molecule is CC(C)(C)[C@@H](O)[C@@H](N)c1ccc2c(c1)OCCO2. The maximum atomic E-state index is 10.2. The average Bonchev–Trinajstić information content (AvgIpc) is 2.35. The molecule has 18 heavy (non-hydrogen) atoms. The van der Waals surface area contributed by atoms with E-state index in [9.17, 15) is 5.11 Å². The minimum atomic E-state index is -0.611. The molecule has 1 aromatic rings. The van der Waals surface area contributed by atoms with E-state index in [4.69, 9.17) is 15.2 Å². The molecule has 0 radical (unpaired) electrons. The van der Waals surface area contributed by atoms with Gasteiger partial charge in [0, 0.05) is 0 Å². The van der Waals surface area contributed by atoms with Crippen molar-refractivity contribution in [3.05, 3.63) is 23.8 Å². The Hall–Kier alpha value is -1.26. The molecule has 0 fully saturated rings. The lowest BCUT2D eigenvalue weighted by Gasteiger charge is -2.31. The standard InChI is InChI=1S/C14H21NO3/c1-14(2,3)13(16)12(15)9-4-5-10-11(8-9)18-7-6-17-10/h4-5,8,12-13,16H,6-7,15H2,1-3H3/t12-,13-/m0/s1. The summed E-state index contributed by atoms with van der Waals surface area (Å²) in [6, 6.07) is 5.15. The molecule has 0 aliphatic carbocycles. The summed E-state index contributed by atoms with van der Waals surface area (Å²) in [6.07, 6.45) is -0.611. The van der Waals surface area contributed by atoms with Crippen LogP contribution in [0.4, 0.5) is 0 Å². The van der Waals surface area contributed by atoms with E-state index < -0.39 is 12.1 Å². The molecule has 0 aromatic heterocycles. The molecule has 1 heterocycles. The van der Waals surface area contributed by atoms with Crippen molar-refractivity contribution >= 4 is 0 Å². The highest BCUT2D eigenvalue weighted by atomic mass is 16.6. The third-order valence-electron chi connectivity index (χ3n) is 3.18. The molecule has 0 spiro atoms. The monoisotopic (exact) mass is 251 g/mol. The zero-order valence-electron chi connectivity index (χ0n) is 11.1. The highest BCUT2D eigenvalue weighted by Crippen LogP contribution is 2.35. The molecule has 4 heteroatoms. The molecular formula is C14H21NO3. The molecule has 1 aliphatic rings. The topological polar surface area (TPSA) is 64.7 Å². The van der Waals surface area contributed by atoms with Crippen LogP contribution in [0.1, 0.15) is 32.4 Å². The Morgan fingerprint density at radius 3 is 2.39 bits per heavy atom. The van der Waals surface area contributed by atoms with Crippen LogP contribution in [-0.4, -0.2) is 24.4 Å². The lowest BCUT2D eigenvalue weighted by atomic mass is 9.82. The summed E-state index contributed by atoms with van der Waals surface area (Å²) in [5, 5.41) is 10.2. The number of ether oxygens (including phenoxy) is 2. The van der Waals surface area contributed by atoms with Gasteiger partial charge in [0.1, 0.15) is 13.2 Å². The van der Waals surface area contributed by atoms with Gasteiger partial charge in [-0.25, -0.2) is 0 Å². The van der Waals surface area contributed by atoms with Crippen LogP contribution in [0.3, 0.4) is 0 Å². The number of hydrogen-bond acceptors (Lipinski definition) is 4. The summed E-state index contributed by atoms with van der Waals surface area (Å²) in [5.41, 5.74) is 6.72. The van der Waals surface area contributed by atoms with Crippen LogP contribution < -0.4 is 15.2 Å². The third-order valence-corrected chi connectivity index (χ3v) is 3.18. The second-order valence-electron chi connectivity index (χ2n) is 5.74. The summed E-state index contributed by atoms with van der Waals surface area (Å²) in [5.74, 6) is 1.44. The van der Waals surface area contributed by atoms with Crippen LogP contribution in [0.25, 0.3) is 0 Å². The molecule has 0 unspecified atom stereocenters. The molecular weight excluding hydrogens is 230 g/mol. The smallest absolute Gasteiger partial charge is 0.161 e. The van der Waals surface area contributed by atoms with Gasteiger partial charge in [0.25, 0.3) is 0 Å². The summed E-state index contributed by atoms with van der Waals surface area (Å²) in [6.45, 7) is 7.02. The van der Waals surface area contributed by atoms with E-state index in [0.717, 1.165) is 11.3 Å². The van der Waals surface area contributed by atoms with Crippen molar-refractivity contribution in [3.63, 3.8) is 0 Å². The first-order chi connectivity index (χ1) is 8.39. The Balaban J connectivity index is 2.23. The predicted molar refractivity (Wildman–Crippen MR) is 69.8 cm³/mol. The number of rotatable bonds is 2. The minimum Gasteiger partial charge on any atom is -0.486 e. The molecule has 0 bridgehead atoms. The fourth-order valence-electron chi connectivity index (χ4n) is 1.99. The van der Waals surface area contributed by atoms with E-state index in [0.29, 0.717) is 19.0 Å². The second-order valence-corrected chi connectivity index (χ2v) is 5.74. The Morgan fingerprint density at radius 1 is 1.17 bits per heavy atom. The molecule has 2 atom stereocenters. The minimum absolute atomic E-state index is 0.257. The van der Waals surface area contributed by atoms with Gasteiger partial charge in [-0.1, -0.05) is 26.8 Å². The van der Waals surface area contributed by atoms with Crippen LogP contribution in [0.15, 0.2) is 18.2 Å². The molecule has 0 amide bonds. The second kappa shape index (κ2) is 4.78. The Morgan fingerprint density at radius 2 is 1.78 bits per heavy atom. The summed E-state index contributed by atoms with van der Waals surface area (Å²) < 4.78 is 11.0. The molecule has 1 aromatic carbocycles. The van der Waals surface area contributed by atoms with E-state index in [-0.39, 0.29) is 5.41 Å². The Labute approximate surface area is 108 Å². The van der Waals surface area contributed by atoms with Crippen molar-refractivity contribution in [2.24, 2.45) is 11.1 Å². The lowest BCUT2D eigenvalue weighted by Crippen LogP contribution is -2.37. The van der Waals surface area contributed by atoms with E-state index >= 15 is 0 Å². The zero-order chi connectivity index (χ0) is 13.3. The van der Waals surface area contributed by atoms with Gasteiger partial charge in [-0.15, -0.1) is 0 Å². The molecule has 4 nitrogen and oxygen atoms in total. The average molecular weight is 251 g/mol. The van der Waals surface area contributed by atoms with Crippen LogP contribution in [0.2, 0.25) is 0 Å². The first-order valence-corrected chi connectivity index (χ1v) is 6.23. The molecule has 1 aliphatic heterocycles. The van der Waals surface area contributed by atoms with Gasteiger partial charge in [0.05, 0.1) is 12.1 Å². The first-order valence-electron chi connectivity index (χ1n) is 6.23. The van der Waals surface area contributed by atoms with Crippen molar-refractivity contribution in [1.29, 1.82) is 0 Å². The summed E-state index contributed by atoms with van der Waals surface area (Å²) >= 11 is 0. The van der Waals surface area contributed by atoms with E-state index in [1.54, 1.807) is 0 Å². The zero-order valence-corrected chi connectivity index (χ0v) is 11.1. The van der Waals surface area contributed by atoms with Crippen molar-refractivity contribution in [3.8, 4) is 11.5 Å². The molecule has 0 saturated carbocycles. The Kier molecular flexibility index (Phi) is 3.50. The van der Waals surface area contributed by atoms with Gasteiger partial charge >= 0.3 is 0 Å². The highest BCUT2D eigenvalue weighted by molar-refractivity contribution is 5.44. The number of aliphatic hydroxyl groups excluding tert-OH is 1. The van der Waals surface area contributed by atoms with Gasteiger partial charge < -0.3 is 20.3 Å². The number of fused-ring (bicyclic) bond motifs is 1. The van der Waals surface area contributed by atoms with Crippen LogP contribution >= 0.6 is 0 Å².